The molecular formula is C24H21N7O5. The zero-order valence-electron chi connectivity index (χ0n) is 19.4. The maximum absolute atomic E-state index is 13.2. The molecule has 0 spiro atoms. The van der Waals surface area contributed by atoms with E-state index in [-0.39, 0.29) is 24.8 Å². The summed E-state index contributed by atoms with van der Waals surface area (Å²) in [6.45, 7) is 2.11. The zero-order valence-corrected chi connectivity index (χ0v) is 19.4. The summed E-state index contributed by atoms with van der Waals surface area (Å²) in [4.78, 5) is 44.7. The highest BCUT2D eigenvalue weighted by Crippen LogP contribution is 2.35. The molecule has 3 N–H and O–H groups in total. The van der Waals surface area contributed by atoms with E-state index in [2.05, 4.69) is 31.0 Å². The molecule has 36 heavy (non-hydrogen) atoms. The fraction of sp³-hybridized carbons (Fsp3) is 0.250. The third-order valence-electron chi connectivity index (χ3n) is 6.56. The Morgan fingerprint density at radius 2 is 2.00 bits per heavy atom. The minimum atomic E-state index is -1.62. The minimum Gasteiger partial charge on any atom is -0.497 e. The van der Waals surface area contributed by atoms with Crippen molar-refractivity contribution in [2.24, 2.45) is 0 Å². The van der Waals surface area contributed by atoms with Crippen LogP contribution in [0.2, 0.25) is 0 Å². The second-order valence-corrected chi connectivity index (χ2v) is 8.66. The molecule has 1 atom stereocenters. The van der Waals surface area contributed by atoms with Crippen LogP contribution >= 0.6 is 0 Å². The van der Waals surface area contributed by atoms with E-state index in [1.54, 1.807) is 30.3 Å². The van der Waals surface area contributed by atoms with E-state index >= 15 is 0 Å². The van der Waals surface area contributed by atoms with Crippen molar-refractivity contribution >= 4 is 28.9 Å². The molecule has 3 aromatic heterocycles. The third kappa shape index (κ3) is 3.21. The number of amides is 4. The molecule has 2 aliphatic heterocycles. The molecule has 0 aliphatic carbocycles. The summed E-state index contributed by atoms with van der Waals surface area (Å²) < 4.78 is 11.3. The maximum atomic E-state index is 13.2. The van der Waals surface area contributed by atoms with Gasteiger partial charge >= 0.3 is 6.03 Å². The van der Waals surface area contributed by atoms with E-state index < -0.39 is 17.5 Å². The summed E-state index contributed by atoms with van der Waals surface area (Å²) in [5.74, 6) is -0.157. The average molecular weight is 487 g/mol. The molecule has 1 fully saturated rings. The Morgan fingerprint density at radius 3 is 2.75 bits per heavy atom. The van der Waals surface area contributed by atoms with Crippen molar-refractivity contribution in [2.45, 2.75) is 25.4 Å². The van der Waals surface area contributed by atoms with Crippen LogP contribution in [0.5, 0.6) is 5.75 Å². The van der Waals surface area contributed by atoms with Crippen molar-refractivity contribution in [3.63, 3.8) is 0 Å². The van der Waals surface area contributed by atoms with Crippen molar-refractivity contribution in [3.8, 4) is 17.1 Å². The Hall–Kier alpha value is -4.74. The highest BCUT2D eigenvalue weighted by atomic mass is 16.5. The van der Waals surface area contributed by atoms with E-state index in [9.17, 15) is 14.4 Å². The van der Waals surface area contributed by atoms with Crippen LogP contribution in [0.3, 0.4) is 0 Å². The van der Waals surface area contributed by atoms with Gasteiger partial charge < -0.3 is 19.4 Å². The molecule has 0 saturated carbocycles. The summed E-state index contributed by atoms with van der Waals surface area (Å²) >= 11 is 0. The standard InChI is InChI=1S/C24H21N7O5/c1-3-15-20(29-30-28-15)16-6-7-18-17(25-16)9-19(36-18)24(22(33)26-23(34)27-24)11-31-10-12-4-5-13(35-2)8-14(12)21(31)32/h4-9H,3,10-11H2,1-2H3,(H,28,29,30)(H2,26,27,33,34)/t24-/m0/s1. The molecule has 12 heteroatoms. The first-order valence-corrected chi connectivity index (χ1v) is 11.3. The van der Waals surface area contributed by atoms with Crippen molar-refractivity contribution in [1.29, 1.82) is 0 Å². The topological polar surface area (TPSA) is 155 Å². The van der Waals surface area contributed by atoms with Crippen LogP contribution in [0.1, 0.15) is 34.3 Å². The number of carbonyl (C=O) groups excluding carboxylic acids is 3. The lowest BCUT2D eigenvalue weighted by Crippen LogP contribution is -2.52. The van der Waals surface area contributed by atoms with Crippen LogP contribution in [0.4, 0.5) is 4.79 Å². The summed E-state index contributed by atoms with van der Waals surface area (Å²) in [6.07, 6.45) is 0.676. The van der Waals surface area contributed by atoms with Gasteiger partial charge in [-0.05, 0) is 36.2 Å². The van der Waals surface area contributed by atoms with Gasteiger partial charge in [-0.25, -0.2) is 9.78 Å². The molecule has 0 bridgehead atoms. The third-order valence-corrected chi connectivity index (χ3v) is 6.56. The Kier molecular flexibility index (Phi) is 4.78. The van der Waals surface area contributed by atoms with Gasteiger partial charge in [0.2, 0.25) is 0 Å². The van der Waals surface area contributed by atoms with Gasteiger partial charge in [0.25, 0.3) is 11.8 Å². The molecule has 5 heterocycles. The number of methoxy groups -OCH3 is 1. The number of H-pyrrole nitrogens is 1. The van der Waals surface area contributed by atoms with E-state index in [4.69, 9.17) is 9.15 Å². The molecule has 12 nitrogen and oxygen atoms in total. The normalized spacial score (nSPS) is 19.1. The number of pyridine rings is 1. The van der Waals surface area contributed by atoms with Crippen molar-refractivity contribution in [1.82, 2.24) is 35.9 Å². The molecule has 4 aromatic rings. The number of aryl methyl sites for hydroxylation is 1. The molecule has 6 rings (SSSR count). The zero-order chi connectivity index (χ0) is 25.0. The number of ether oxygens (including phenoxy) is 1. The quantitative estimate of drug-likeness (QED) is 0.348. The van der Waals surface area contributed by atoms with Crippen LogP contribution in [0.15, 0.2) is 40.8 Å². The number of benzene rings is 1. The second-order valence-electron chi connectivity index (χ2n) is 8.66. The van der Waals surface area contributed by atoms with Crippen LogP contribution in [0, 0.1) is 0 Å². The summed E-state index contributed by atoms with van der Waals surface area (Å²) in [6, 6.07) is 9.66. The molecule has 182 valence electrons. The summed E-state index contributed by atoms with van der Waals surface area (Å²) in [5, 5.41) is 15.9. The van der Waals surface area contributed by atoms with E-state index in [0.717, 1.165) is 11.3 Å². The Bertz CT molecular complexity index is 1560. The largest absolute Gasteiger partial charge is 0.497 e. The average Bonchev–Trinajstić information content (AvgIpc) is 3.64. The first-order chi connectivity index (χ1) is 17.4. The predicted molar refractivity (Wildman–Crippen MR) is 125 cm³/mol. The van der Waals surface area contributed by atoms with E-state index in [1.165, 1.54) is 12.0 Å². The van der Waals surface area contributed by atoms with Gasteiger partial charge in [0.15, 0.2) is 11.1 Å². The van der Waals surface area contributed by atoms with Gasteiger partial charge in [-0.1, -0.05) is 13.0 Å². The van der Waals surface area contributed by atoms with Crippen LogP contribution in [-0.2, 0) is 23.3 Å². The smallest absolute Gasteiger partial charge is 0.322 e. The predicted octanol–water partition coefficient (Wildman–Crippen LogP) is 1.87. The van der Waals surface area contributed by atoms with Gasteiger partial charge in [0.1, 0.15) is 22.7 Å². The second kappa shape index (κ2) is 7.90. The lowest BCUT2D eigenvalue weighted by atomic mass is 9.95. The lowest BCUT2D eigenvalue weighted by Gasteiger charge is -2.28. The van der Waals surface area contributed by atoms with E-state index in [1.807, 2.05) is 13.0 Å². The number of furan rings is 1. The first kappa shape index (κ1) is 21.8. The number of hydrogen-bond acceptors (Lipinski definition) is 8. The monoisotopic (exact) mass is 487 g/mol. The van der Waals surface area contributed by atoms with E-state index in [0.29, 0.717) is 40.2 Å². The van der Waals surface area contributed by atoms with Crippen LogP contribution < -0.4 is 15.4 Å². The number of carbonyl (C=O) groups is 3. The number of aromatic nitrogens is 4. The minimum absolute atomic E-state index is 0.129. The number of nitrogens with zero attached hydrogens (tertiary/aromatic N) is 4. The molecule has 2 aliphatic rings. The van der Waals surface area contributed by atoms with Gasteiger partial charge in [0.05, 0.1) is 25.0 Å². The SMILES string of the molecule is CCc1n[nH]nc1-c1ccc2oc([C@]3(CN4Cc5ccc(OC)cc5C4=O)NC(=O)NC3=O)cc2n1. The number of aromatic amines is 1. The van der Waals surface area contributed by atoms with Gasteiger partial charge in [-0.2, -0.15) is 15.4 Å². The molecular weight excluding hydrogens is 466 g/mol. The van der Waals surface area contributed by atoms with Gasteiger partial charge in [0, 0.05) is 18.2 Å². The number of rotatable bonds is 6. The van der Waals surface area contributed by atoms with Crippen molar-refractivity contribution in [2.75, 3.05) is 13.7 Å². The highest BCUT2D eigenvalue weighted by Gasteiger charge is 2.53. The van der Waals surface area contributed by atoms with Crippen molar-refractivity contribution in [3.05, 3.63) is 59.0 Å². The molecule has 0 radical (unpaired) electrons. The number of imide groups is 1. The number of hydrogen-bond donors (Lipinski definition) is 3. The maximum Gasteiger partial charge on any atom is 0.322 e. The molecule has 1 aromatic carbocycles. The lowest BCUT2D eigenvalue weighted by molar-refractivity contribution is -0.125. The van der Waals surface area contributed by atoms with Crippen LogP contribution in [0.25, 0.3) is 22.5 Å². The van der Waals surface area contributed by atoms with Crippen molar-refractivity contribution < 1.29 is 23.5 Å². The molecule has 0 unspecified atom stereocenters. The summed E-state index contributed by atoms with van der Waals surface area (Å²) in [7, 11) is 1.53. The number of fused-ring (bicyclic) bond motifs is 2. The Morgan fingerprint density at radius 1 is 1.14 bits per heavy atom. The number of nitrogens with one attached hydrogen (secondary N) is 3. The summed E-state index contributed by atoms with van der Waals surface area (Å²) in [5.41, 5.74) is 2.55. The van der Waals surface area contributed by atoms with Crippen LogP contribution in [-0.4, -0.2) is 56.8 Å². The Balaban J connectivity index is 1.38. The van der Waals surface area contributed by atoms with Gasteiger partial charge in [-0.15, -0.1) is 0 Å². The van der Waals surface area contributed by atoms with Gasteiger partial charge in [-0.3, -0.25) is 14.9 Å². The fourth-order valence-electron chi connectivity index (χ4n) is 4.71. The first-order valence-electron chi connectivity index (χ1n) is 11.3. The molecule has 4 amide bonds. The fourth-order valence-corrected chi connectivity index (χ4v) is 4.71. The highest BCUT2D eigenvalue weighted by molar-refractivity contribution is 6.08. The molecule has 1 saturated heterocycles. The number of urea groups is 1. The Labute approximate surface area is 204 Å².